The van der Waals surface area contributed by atoms with Crippen LogP contribution in [0.1, 0.15) is 37.8 Å². The SMILES string of the molecule is CC(C)N1CCCC(N(C)C(=O)N2CC(c3cc(F)ccc3F)=CC2(CO)c2ccccc2)C1. The van der Waals surface area contributed by atoms with Crippen molar-refractivity contribution in [3.05, 3.63) is 77.4 Å². The van der Waals surface area contributed by atoms with Crippen LogP contribution < -0.4 is 0 Å². The van der Waals surface area contributed by atoms with Crippen LogP contribution in [0, 0.1) is 11.6 Å². The fourth-order valence-electron chi connectivity index (χ4n) is 5.17. The summed E-state index contributed by atoms with van der Waals surface area (Å²) in [6.07, 6.45) is 3.62. The molecule has 34 heavy (non-hydrogen) atoms. The summed E-state index contributed by atoms with van der Waals surface area (Å²) in [6, 6.07) is 12.7. The Morgan fingerprint density at radius 2 is 1.94 bits per heavy atom. The van der Waals surface area contributed by atoms with Crippen LogP contribution in [0.3, 0.4) is 0 Å². The molecule has 2 unspecified atom stereocenters. The zero-order valence-corrected chi connectivity index (χ0v) is 20.0. The minimum atomic E-state index is -1.17. The van der Waals surface area contributed by atoms with Gasteiger partial charge in [-0.3, -0.25) is 4.90 Å². The number of aliphatic hydroxyl groups excluding tert-OH is 1. The van der Waals surface area contributed by atoms with Crippen molar-refractivity contribution >= 4 is 11.6 Å². The predicted octanol–water partition coefficient (Wildman–Crippen LogP) is 4.48. The molecule has 2 heterocycles. The molecule has 0 radical (unpaired) electrons. The van der Waals surface area contributed by atoms with Gasteiger partial charge in [0.15, 0.2) is 0 Å². The summed E-state index contributed by atoms with van der Waals surface area (Å²) >= 11 is 0. The zero-order chi connectivity index (χ0) is 24.5. The van der Waals surface area contributed by atoms with Gasteiger partial charge in [0.05, 0.1) is 6.61 Å². The number of halogens is 2. The van der Waals surface area contributed by atoms with E-state index in [1.165, 1.54) is 0 Å². The van der Waals surface area contributed by atoms with Crippen LogP contribution in [-0.4, -0.2) is 71.2 Å². The number of rotatable bonds is 5. The number of hydrogen-bond acceptors (Lipinski definition) is 3. The monoisotopic (exact) mass is 469 g/mol. The fourth-order valence-corrected chi connectivity index (χ4v) is 5.17. The number of benzene rings is 2. The molecular formula is C27H33F2N3O2. The smallest absolute Gasteiger partial charge is 0.321 e. The van der Waals surface area contributed by atoms with E-state index in [1.54, 1.807) is 22.9 Å². The van der Waals surface area contributed by atoms with Crippen molar-refractivity contribution in [2.24, 2.45) is 0 Å². The molecule has 2 aliphatic rings. The number of piperidine rings is 1. The number of aliphatic hydroxyl groups is 1. The normalized spacial score (nSPS) is 23.3. The van der Waals surface area contributed by atoms with Gasteiger partial charge in [-0.1, -0.05) is 30.3 Å². The van der Waals surface area contributed by atoms with Crippen molar-refractivity contribution < 1.29 is 18.7 Å². The van der Waals surface area contributed by atoms with Gasteiger partial charge >= 0.3 is 6.03 Å². The highest BCUT2D eigenvalue weighted by molar-refractivity contribution is 5.83. The quantitative estimate of drug-likeness (QED) is 0.703. The molecule has 1 fully saturated rings. The molecule has 1 saturated heterocycles. The van der Waals surface area contributed by atoms with Gasteiger partial charge in [0.25, 0.3) is 0 Å². The number of nitrogens with zero attached hydrogens (tertiary/aromatic N) is 3. The zero-order valence-electron chi connectivity index (χ0n) is 20.0. The first kappa shape index (κ1) is 24.4. The van der Waals surface area contributed by atoms with E-state index in [1.807, 2.05) is 30.3 Å². The molecule has 0 bridgehead atoms. The third-order valence-corrected chi connectivity index (χ3v) is 7.25. The number of amides is 2. The lowest BCUT2D eigenvalue weighted by molar-refractivity contribution is 0.0601. The van der Waals surface area contributed by atoms with E-state index in [0.29, 0.717) is 11.6 Å². The van der Waals surface area contributed by atoms with Crippen LogP contribution in [0.25, 0.3) is 5.57 Å². The largest absolute Gasteiger partial charge is 0.393 e. The molecule has 2 amide bonds. The van der Waals surface area contributed by atoms with Crippen LogP contribution in [0.2, 0.25) is 0 Å². The molecule has 5 nitrogen and oxygen atoms in total. The molecule has 0 spiro atoms. The maximum Gasteiger partial charge on any atom is 0.321 e. The maximum absolute atomic E-state index is 14.7. The number of carbonyl (C=O) groups is 1. The van der Waals surface area contributed by atoms with Crippen molar-refractivity contribution in [2.45, 2.75) is 44.3 Å². The Labute approximate surface area is 200 Å². The standard InChI is InChI=1S/C27H33F2N3O2/c1-19(2)31-13-7-10-23(17-31)30(3)26(34)32-16-20(24-14-22(28)11-12-25(24)29)15-27(32,18-33)21-8-5-4-6-9-21/h4-6,8-9,11-12,14-15,19,23,33H,7,10,13,16-18H2,1-3H3. The van der Waals surface area contributed by atoms with Gasteiger partial charge in [-0.15, -0.1) is 0 Å². The van der Waals surface area contributed by atoms with Crippen LogP contribution in [0.5, 0.6) is 0 Å². The minimum absolute atomic E-state index is 0.0331. The highest BCUT2D eigenvalue weighted by Crippen LogP contribution is 2.41. The summed E-state index contributed by atoms with van der Waals surface area (Å²) in [4.78, 5) is 19.6. The number of carbonyl (C=O) groups excluding carboxylic acids is 1. The van der Waals surface area contributed by atoms with Crippen molar-refractivity contribution in [2.75, 3.05) is 33.3 Å². The van der Waals surface area contributed by atoms with Crippen molar-refractivity contribution in [1.29, 1.82) is 0 Å². The van der Waals surface area contributed by atoms with E-state index in [2.05, 4.69) is 18.7 Å². The second kappa shape index (κ2) is 9.84. The summed E-state index contributed by atoms with van der Waals surface area (Å²) in [7, 11) is 1.80. The van der Waals surface area contributed by atoms with E-state index in [0.717, 1.165) is 49.7 Å². The van der Waals surface area contributed by atoms with Crippen molar-refractivity contribution in [1.82, 2.24) is 14.7 Å². The van der Waals surface area contributed by atoms with Crippen LogP contribution in [0.4, 0.5) is 13.6 Å². The topological polar surface area (TPSA) is 47.0 Å². The average Bonchev–Trinajstić information content (AvgIpc) is 3.26. The lowest BCUT2D eigenvalue weighted by Crippen LogP contribution is -2.57. The van der Waals surface area contributed by atoms with E-state index < -0.39 is 17.2 Å². The Morgan fingerprint density at radius 1 is 1.21 bits per heavy atom. The third-order valence-electron chi connectivity index (χ3n) is 7.25. The Kier molecular flexibility index (Phi) is 7.05. The second-order valence-corrected chi connectivity index (χ2v) is 9.61. The average molecular weight is 470 g/mol. The number of urea groups is 1. The summed E-state index contributed by atoms with van der Waals surface area (Å²) < 4.78 is 28.7. The van der Waals surface area contributed by atoms with E-state index >= 15 is 0 Å². The molecule has 0 aromatic heterocycles. The third kappa shape index (κ3) is 4.46. The molecule has 7 heteroatoms. The first-order chi connectivity index (χ1) is 16.3. The highest BCUT2D eigenvalue weighted by Gasteiger charge is 2.46. The van der Waals surface area contributed by atoms with Gasteiger partial charge in [-0.2, -0.15) is 0 Å². The summed E-state index contributed by atoms with van der Waals surface area (Å²) in [5, 5.41) is 10.7. The molecule has 2 aromatic carbocycles. The summed E-state index contributed by atoms with van der Waals surface area (Å²) in [5.74, 6) is -1.11. The number of likely N-dealkylation sites (N-methyl/N-ethyl adjacent to an activating group) is 1. The van der Waals surface area contributed by atoms with E-state index in [9.17, 15) is 18.7 Å². The minimum Gasteiger partial charge on any atom is -0.393 e. The highest BCUT2D eigenvalue weighted by atomic mass is 19.1. The van der Waals surface area contributed by atoms with Crippen LogP contribution in [-0.2, 0) is 5.54 Å². The molecule has 0 saturated carbocycles. The number of hydrogen-bond donors (Lipinski definition) is 1. The lowest BCUT2D eigenvalue weighted by atomic mass is 9.89. The lowest BCUT2D eigenvalue weighted by Gasteiger charge is -2.44. The van der Waals surface area contributed by atoms with Crippen molar-refractivity contribution in [3.8, 4) is 0 Å². The first-order valence-electron chi connectivity index (χ1n) is 11.9. The van der Waals surface area contributed by atoms with Gasteiger partial charge in [-0.05, 0) is 68.6 Å². The second-order valence-electron chi connectivity index (χ2n) is 9.61. The molecule has 2 aliphatic heterocycles. The molecule has 1 N–H and O–H groups in total. The molecule has 4 rings (SSSR count). The Bertz CT molecular complexity index is 1060. The van der Waals surface area contributed by atoms with Gasteiger partial charge in [-0.25, -0.2) is 13.6 Å². The van der Waals surface area contributed by atoms with Gasteiger partial charge < -0.3 is 14.9 Å². The van der Waals surface area contributed by atoms with E-state index in [4.69, 9.17) is 0 Å². The Morgan fingerprint density at radius 3 is 2.62 bits per heavy atom. The molecule has 0 aliphatic carbocycles. The summed E-state index contributed by atoms with van der Waals surface area (Å²) in [5.41, 5.74) is 0.130. The van der Waals surface area contributed by atoms with E-state index in [-0.39, 0.29) is 30.8 Å². The number of likely N-dealkylation sites (tertiary alicyclic amines) is 1. The predicted molar refractivity (Wildman–Crippen MR) is 129 cm³/mol. The first-order valence-corrected chi connectivity index (χ1v) is 11.9. The molecule has 2 aromatic rings. The fraction of sp³-hybridized carbons (Fsp3) is 0.444. The van der Waals surface area contributed by atoms with Crippen molar-refractivity contribution in [3.63, 3.8) is 0 Å². The Hall–Kier alpha value is -2.77. The maximum atomic E-state index is 14.7. The molecule has 2 atom stereocenters. The summed E-state index contributed by atoms with van der Waals surface area (Å²) in [6.45, 7) is 5.79. The van der Waals surface area contributed by atoms with Crippen LogP contribution >= 0.6 is 0 Å². The van der Waals surface area contributed by atoms with Gasteiger partial charge in [0.2, 0.25) is 0 Å². The van der Waals surface area contributed by atoms with Gasteiger partial charge in [0.1, 0.15) is 17.2 Å². The van der Waals surface area contributed by atoms with Gasteiger partial charge in [0, 0.05) is 37.8 Å². The molecular weight excluding hydrogens is 436 g/mol. The van der Waals surface area contributed by atoms with Crippen LogP contribution in [0.15, 0.2) is 54.6 Å². The Balaban J connectivity index is 1.72. The molecule has 182 valence electrons.